The molecule has 0 amide bonds. The normalized spacial score (nSPS) is 13.3. The first-order valence-electron chi connectivity index (χ1n) is 5.90. The van der Waals surface area contributed by atoms with Gasteiger partial charge in [0.05, 0.1) is 17.4 Å². The molecule has 0 bridgehead atoms. The van der Waals surface area contributed by atoms with Crippen LogP contribution in [0, 0.1) is 5.92 Å². The van der Waals surface area contributed by atoms with Crippen LogP contribution < -0.4 is 9.88 Å². The van der Waals surface area contributed by atoms with Crippen molar-refractivity contribution in [3.63, 3.8) is 0 Å². The maximum absolute atomic E-state index is 11.1. The molecule has 1 atom stereocenters. The number of hydrogen-bond donors (Lipinski definition) is 1. The Balaban J connectivity index is 2.68. The van der Waals surface area contributed by atoms with Crippen LogP contribution in [0.1, 0.15) is 19.8 Å². The minimum atomic E-state index is -3.49. The molecule has 0 saturated carbocycles. The fourth-order valence-corrected chi connectivity index (χ4v) is 3.18. The second kappa shape index (κ2) is 7.47. The molecular weight excluding hydrogens is 354 g/mol. The van der Waals surface area contributed by atoms with Gasteiger partial charge < -0.3 is 4.74 Å². The van der Waals surface area contributed by atoms with Gasteiger partial charge in [-0.2, -0.15) is 0 Å². The van der Waals surface area contributed by atoms with Gasteiger partial charge in [0, 0.05) is 10.4 Å². The van der Waals surface area contributed by atoms with Crippen molar-refractivity contribution in [1.29, 1.82) is 0 Å². The van der Waals surface area contributed by atoms with Crippen molar-refractivity contribution in [2.24, 2.45) is 11.1 Å². The van der Waals surface area contributed by atoms with Crippen molar-refractivity contribution < 1.29 is 13.2 Å². The molecule has 108 valence electrons. The van der Waals surface area contributed by atoms with Crippen LogP contribution in [0.25, 0.3) is 0 Å². The summed E-state index contributed by atoms with van der Waals surface area (Å²) in [4.78, 5) is 0. The summed E-state index contributed by atoms with van der Waals surface area (Å²) < 4.78 is 28.7. The van der Waals surface area contributed by atoms with Crippen LogP contribution in [0.2, 0.25) is 5.02 Å². The second-order valence-electron chi connectivity index (χ2n) is 4.37. The Kier molecular flexibility index (Phi) is 6.59. The average Bonchev–Trinajstić information content (AvgIpc) is 2.28. The van der Waals surface area contributed by atoms with E-state index >= 15 is 0 Å². The molecule has 1 aromatic carbocycles. The summed E-state index contributed by atoms with van der Waals surface area (Å²) in [5, 5.41) is 5.57. The molecular formula is C12H17BrClNO3S. The lowest BCUT2D eigenvalue weighted by Gasteiger charge is -2.16. The summed E-state index contributed by atoms with van der Waals surface area (Å²) in [5.41, 5.74) is 0. The van der Waals surface area contributed by atoms with E-state index in [2.05, 4.69) is 15.9 Å². The van der Waals surface area contributed by atoms with Crippen LogP contribution in [0.3, 0.4) is 0 Å². The summed E-state index contributed by atoms with van der Waals surface area (Å²) >= 11 is 9.33. The summed E-state index contributed by atoms with van der Waals surface area (Å²) in [5.74, 6) is 0.327. The minimum absolute atomic E-state index is 0.0769. The number of sulfonamides is 1. The number of ether oxygens (including phenoxy) is 1. The van der Waals surface area contributed by atoms with Gasteiger partial charge >= 0.3 is 0 Å². The van der Waals surface area contributed by atoms with Crippen LogP contribution in [0.15, 0.2) is 22.7 Å². The van der Waals surface area contributed by atoms with E-state index in [9.17, 15) is 8.42 Å². The zero-order valence-corrected chi connectivity index (χ0v) is 13.8. The van der Waals surface area contributed by atoms with Crippen LogP contribution in [-0.2, 0) is 10.0 Å². The minimum Gasteiger partial charge on any atom is -0.492 e. The van der Waals surface area contributed by atoms with Gasteiger partial charge in [0.15, 0.2) is 0 Å². The lowest BCUT2D eigenvalue weighted by Crippen LogP contribution is -2.27. The van der Waals surface area contributed by atoms with Crippen LogP contribution >= 0.6 is 27.5 Å². The monoisotopic (exact) mass is 369 g/mol. The topological polar surface area (TPSA) is 69.4 Å². The molecule has 0 spiro atoms. The highest BCUT2D eigenvalue weighted by Gasteiger charge is 2.16. The lowest BCUT2D eigenvalue weighted by atomic mass is 10.1. The van der Waals surface area contributed by atoms with E-state index in [1.54, 1.807) is 12.1 Å². The van der Waals surface area contributed by atoms with Gasteiger partial charge in [-0.3, -0.25) is 0 Å². The van der Waals surface area contributed by atoms with Gasteiger partial charge in [-0.25, -0.2) is 13.6 Å². The predicted octanol–water partition coefficient (Wildman–Crippen LogP) is 3.19. The number of hydrogen-bond acceptors (Lipinski definition) is 3. The van der Waals surface area contributed by atoms with Crippen molar-refractivity contribution in [3.8, 4) is 5.75 Å². The first-order chi connectivity index (χ1) is 8.81. The Morgan fingerprint density at radius 1 is 1.47 bits per heavy atom. The Labute approximate surface area is 127 Å². The molecule has 0 aliphatic rings. The van der Waals surface area contributed by atoms with Gasteiger partial charge in [0.1, 0.15) is 5.75 Å². The molecule has 0 aromatic heterocycles. The number of benzene rings is 1. The summed E-state index contributed by atoms with van der Waals surface area (Å²) in [7, 11) is -3.49. The molecule has 0 radical (unpaired) electrons. The molecule has 19 heavy (non-hydrogen) atoms. The fraction of sp³-hybridized carbons (Fsp3) is 0.500. The second-order valence-corrected chi connectivity index (χ2v) is 7.35. The molecule has 2 N–H and O–H groups in total. The summed E-state index contributed by atoms with van der Waals surface area (Å²) in [6.45, 7) is 2.27. The van der Waals surface area contributed by atoms with Gasteiger partial charge in [0.25, 0.3) is 0 Å². The fourth-order valence-electron chi connectivity index (χ4n) is 1.75. The highest BCUT2D eigenvalue weighted by molar-refractivity contribution is 9.10. The maximum atomic E-state index is 11.1. The molecule has 1 aromatic rings. The average molecular weight is 371 g/mol. The van der Waals surface area contributed by atoms with Crippen molar-refractivity contribution in [2.45, 2.75) is 19.8 Å². The van der Waals surface area contributed by atoms with E-state index in [4.69, 9.17) is 21.5 Å². The standard InChI is InChI=1S/C12H17BrClNO3S/c1-2-3-9(8-19(15,16)17)7-18-12-6-10(13)4-5-11(12)14/h4-6,9H,2-3,7-8H2,1H3,(H2,15,16,17). The number of rotatable bonds is 7. The van der Waals surface area contributed by atoms with E-state index in [1.807, 2.05) is 13.0 Å². The Bertz CT molecular complexity index is 522. The molecule has 4 nitrogen and oxygen atoms in total. The van der Waals surface area contributed by atoms with Crippen LogP contribution in [0.4, 0.5) is 0 Å². The molecule has 1 rings (SSSR count). The number of halogens is 2. The largest absolute Gasteiger partial charge is 0.492 e. The van der Waals surface area contributed by atoms with Crippen molar-refractivity contribution in [3.05, 3.63) is 27.7 Å². The van der Waals surface area contributed by atoms with E-state index < -0.39 is 10.0 Å². The Morgan fingerprint density at radius 2 is 2.16 bits per heavy atom. The molecule has 0 aliphatic heterocycles. The molecule has 0 aliphatic carbocycles. The van der Waals surface area contributed by atoms with Crippen molar-refractivity contribution >= 4 is 37.6 Å². The smallest absolute Gasteiger partial charge is 0.209 e. The molecule has 1 unspecified atom stereocenters. The predicted molar refractivity (Wildman–Crippen MR) is 81.0 cm³/mol. The van der Waals surface area contributed by atoms with Gasteiger partial charge in [-0.05, 0) is 24.6 Å². The lowest BCUT2D eigenvalue weighted by molar-refractivity contribution is 0.252. The first kappa shape index (κ1) is 16.8. The zero-order valence-electron chi connectivity index (χ0n) is 10.6. The Morgan fingerprint density at radius 3 is 2.74 bits per heavy atom. The molecule has 0 saturated heterocycles. The quantitative estimate of drug-likeness (QED) is 0.801. The molecule has 7 heteroatoms. The zero-order chi connectivity index (χ0) is 14.5. The highest BCUT2D eigenvalue weighted by Crippen LogP contribution is 2.28. The third-order valence-corrected chi connectivity index (χ3v) is 4.27. The first-order valence-corrected chi connectivity index (χ1v) is 8.78. The third kappa shape index (κ3) is 6.61. The van der Waals surface area contributed by atoms with E-state index in [1.165, 1.54) is 0 Å². The van der Waals surface area contributed by atoms with Crippen molar-refractivity contribution in [2.75, 3.05) is 12.4 Å². The summed E-state index contributed by atoms with van der Waals surface area (Å²) in [6, 6.07) is 5.28. The van der Waals surface area contributed by atoms with Gasteiger partial charge in [0.2, 0.25) is 10.0 Å². The number of nitrogens with two attached hydrogens (primary N) is 1. The number of primary sulfonamides is 1. The Hall–Kier alpha value is -0.300. The van der Waals surface area contributed by atoms with E-state index in [0.717, 1.165) is 17.3 Å². The summed E-state index contributed by atoms with van der Waals surface area (Å²) in [6.07, 6.45) is 1.61. The maximum Gasteiger partial charge on any atom is 0.209 e. The SMILES string of the molecule is CCCC(COc1cc(Br)ccc1Cl)CS(N)(=O)=O. The molecule has 0 heterocycles. The van der Waals surface area contributed by atoms with Crippen LogP contribution in [0.5, 0.6) is 5.75 Å². The van der Waals surface area contributed by atoms with Crippen molar-refractivity contribution in [1.82, 2.24) is 0 Å². The van der Waals surface area contributed by atoms with Gasteiger partial charge in [-0.1, -0.05) is 40.9 Å². The van der Waals surface area contributed by atoms with E-state index in [0.29, 0.717) is 10.8 Å². The highest BCUT2D eigenvalue weighted by atomic mass is 79.9. The third-order valence-electron chi connectivity index (χ3n) is 2.53. The van der Waals surface area contributed by atoms with E-state index in [-0.39, 0.29) is 18.3 Å². The van der Waals surface area contributed by atoms with Crippen LogP contribution in [-0.4, -0.2) is 20.8 Å². The van der Waals surface area contributed by atoms with Gasteiger partial charge in [-0.15, -0.1) is 0 Å². The molecule has 0 fully saturated rings.